The zero-order chi connectivity index (χ0) is 17.8. The molecule has 1 aromatic rings. The summed E-state index contributed by atoms with van der Waals surface area (Å²) in [5.41, 5.74) is 10.9. The van der Waals surface area contributed by atoms with Gasteiger partial charge in [0.05, 0.1) is 11.5 Å². The Morgan fingerprint density at radius 2 is 1.76 bits per heavy atom. The van der Waals surface area contributed by atoms with Crippen LogP contribution in [0, 0.1) is 29.6 Å². The number of pyridine rings is 1. The molecule has 3 unspecified atom stereocenters. The van der Waals surface area contributed by atoms with Crippen molar-refractivity contribution in [2.75, 3.05) is 0 Å². The van der Waals surface area contributed by atoms with Crippen molar-refractivity contribution in [3.63, 3.8) is 0 Å². The van der Waals surface area contributed by atoms with E-state index in [0.717, 1.165) is 5.92 Å². The summed E-state index contributed by atoms with van der Waals surface area (Å²) < 4.78 is 0. The van der Waals surface area contributed by atoms with Crippen LogP contribution in [0.25, 0.3) is 0 Å². The van der Waals surface area contributed by atoms with Crippen LogP contribution in [0.15, 0.2) is 24.4 Å². The quantitative estimate of drug-likeness (QED) is 0.720. The predicted octanol–water partition coefficient (Wildman–Crippen LogP) is 0.161. The van der Waals surface area contributed by atoms with E-state index in [9.17, 15) is 14.4 Å². The van der Waals surface area contributed by atoms with Crippen molar-refractivity contribution in [2.45, 2.75) is 31.2 Å². The fourth-order valence-corrected chi connectivity index (χ4v) is 5.57. The number of nitrogens with one attached hydrogen (secondary N) is 1. The molecule has 7 nitrogen and oxygen atoms in total. The fraction of sp³-hybridized carbons (Fsp3) is 0.500. The minimum Gasteiger partial charge on any atom is -0.369 e. The van der Waals surface area contributed by atoms with Gasteiger partial charge in [-0.25, -0.2) is 0 Å². The van der Waals surface area contributed by atoms with Crippen LogP contribution >= 0.6 is 0 Å². The molecule has 4 bridgehead atoms. The minimum absolute atomic E-state index is 0.0691. The van der Waals surface area contributed by atoms with E-state index < -0.39 is 17.4 Å². The molecule has 131 valence electrons. The Balaban J connectivity index is 1.67. The van der Waals surface area contributed by atoms with Crippen LogP contribution in [0.2, 0.25) is 0 Å². The monoisotopic (exact) mass is 341 g/mol. The van der Waals surface area contributed by atoms with Gasteiger partial charge in [0.1, 0.15) is 5.69 Å². The summed E-state index contributed by atoms with van der Waals surface area (Å²) in [6.07, 6.45) is 4.04. The largest absolute Gasteiger partial charge is 0.369 e. The summed E-state index contributed by atoms with van der Waals surface area (Å²) in [5, 5.41) is 3.06. The first kappa shape index (κ1) is 16.1. The SMILES string of the molecule is NC(=O)C1C2C[C]3CC1CC(NC(=O)c1ccccn1)(C2)C3C(N)=O. The van der Waals surface area contributed by atoms with Gasteiger partial charge in [-0.3, -0.25) is 19.4 Å². The van der Waals surface area contributed by atoms with Gasteiger partial charge in [-0.2, -0.15) is 0 Å². The maximum Gasteiger partial charge on any atom is 0.270 e. The van der Waals surface area contributed by atoms with E-state index in [2.05, 4.69) is 10.3 Å². The average Bonchev–Trinajstić information content (AvgIpc) is 2.53. The lowest BCUT2D eigenvalue weighted by Crippen LogP contribution is -2.70. The number of hydrogen-bond acceptors (Lipinski definition) is 4. The van der Waals surface area contributed by atoms with Gasteiger partial charge in [-0.05, 0) is 55.6 Å². The van der Waals surface area contributed by atoms with Crippen molar-refractivity contribution in [1.82, 2.24) is 10.3 Å². The Kier molecular flexibility index (Phi) is 3.56. The van der Waals surface area contributed by atoms with Crippen LogP contribution in [0.1, 0.15) is 36.2 Å². The van der Waals surface area contributed by atoms with E-state index in [4.69, 9.17) is 11.5 Å². The van der Waals surface area contributed by atoms with Crippen LogP contribution in [0.4, 0.5) is 0 Å². The lowest BCUT2D eigenvalue weighted by molar-refractivity contribution is -0.140. The molecule has 0 aromatic carbocycles. The number of primary amides is 2. The third kappa shape index (κ3) is 2.41. The van der Waals surface area contributed by atoms with Crippen LogP contribution < -0.4 is 16.8 Å². The van der Waals surface area contributed by atoms with Crippen molar-refractivity contribution in [2.24, 2.45) is 35.1 Å². The molecule has 1 aromatic heterocycles. The fourth-order valence-electron chi connectivity index (χ4n) is 5.57. The second-order valence-electron chi connectivity index (χ2n) is 7.58. The Morgan fingerprint density at radius 3 is 2.28 bits per heavy atom. The Hall–Kier alpha value is -2.44. The number of carbonyl (C=O) groups excluding carboxylic acids is 3. The number of carbonyl (C=O) groups is 3. The molecule has 25 heavy (non-hydrogen) atoms. The molecule has 4 saturated carbocycles. The van der Waals surface area contributed by atoms with Crippen molar-refractivity contribution in [1.29, 1.82) is 0 Å². The summed E-state index contributed by atoms with van der Waals surface area (Å²) in [6.45, 7) is 0. The summed E-state index contributed by atoms with van der Waals surface area (Å²) in [7, 11) is 0. The highest BCUT2D eigenvalue weighted by Crippen LogP contribution is 2.61. The normalized spacial score (nSPS) is 36.2. The summed E-state index contributed by atoms with van der Waals surface area (Å²) >= 11 is 0. The highest BCUT2D eigenvalue weighted by molar-refractivity contribution is 5.94. The summed E-state index contributed by atoms with van der Waals surface area (Å²) in [4.78, 5) is 40.8. The molecule has 1 radical (unpaired) electrons. The van der Waals surface area contributed by atoms with Crippen molar-refractivity contribution in [3.8, 4) is 0 Å². The molecular formula is C18H21N4O3. The van der Waals surface area contributed by atoms with E-state index in [1.807, 2.05) is 0 Å². The molecule has 5 N–H and O–H groups in total. The van der Waals surface area contributed by atoms with Gasteiger partial charge >= 0.3 is 0 Å². The second-order valence-corrected chi connectivity index (χ2v) is 7.58. The molecule has 5 rings (SSSR count). The van der Waals surface area contributed by atoms with Gasteiger partial charge in [0.25, 0.3) is 5.91 Å². The molecule has 1 heterocycles. The highest BCUT2D eigenvalue weighted by Gasteiger charge is 2.63. The minimum atomic E-state index is -0.729. The molecule has 4 aliphatic carbocycles. The third-order valence-electron chi connectivity index (χ3n) is 6.15. The predicted molar refractivity (Wildman–Crippen MR) is 88.5 cm³/mol. The molecule has 4 aliphatic rings. The molecule has 3 amide bonds. The first-order valence-electron chi connectivity index (χ1n) is 8.58. The topological polar surface area (TPSA) is 128 Å². The van der Waals surface area contributed by atoms with E-state index in [-0.39, 0.29) is 29.6 Å². The first-order chi connectivity index (χ1) is 11.9. The number of hydrogen-bond donors (Lipinski definition) is 3. The van der Waals surface area contributed by atoms with Crippen LogP contribution in [-0.2, 0) is 9.59 Å². The van der Waals surface area contributed by atoms with Gasteiger partial charge in [0.15, 0.2) is 0 Å². The third-order valence-corrected chi connectivity index (χ3v) is 6.15. The van der Waals surface area contributed by atoms with E-state index in [1.165, 1.54) is 0 Å². The Bertz CT molecular complexity index is 719. The van der Waals surface area contributed by atoms with Crippen molar-refractivity contribution < 1.29 is 14.4 Å². The number of amides is 3. The molecular weight excluding hydrogens is 320 g/mol. The number of nitrogens with zero attached hydrogens (tertiary/aromatic N) is 1. The van der Waals surface area contributed by atoms with E-state index in [1.54, 1.807) is 24.4 Å². The van der Waals surface area contributed by atoms with Crippen molar-refractivity contribution >= 4 is 17.7 Å². The van der Waals surface area contributed by atoms with Crippen LogP contribution in [0.5, 0.6) is 0 Å². The van der Waals surface area contributed by atoms with Gasteiger partial charge in [-0.1, -0.05) is 6.07 Å². The maximum atomic E-state index is 12.7. The molecule has 0 aliphatic heterocycles. The van der Waals surface area contributed by atoms with Gasteiger partial charge in [0.2, 0.25) is 11.8 Å². The number of nitrogens with two attached hydrogens (primary N) is 2. The number of rotatable bonds is 4. The lowest BCUT2D eigenvalue weighted by Gasteiger charge is -2.62. The molecule has 0 spiro atoms. The summed E-state index contributed by atoms with van der Waals surface area (Å²) in [6, 6.07) is 5.11. The molecule has 7 heteroatoms. The Morgan fingerprint density at radius 1 is 1.08 bits per heavy atom. The van der Waals surface area contributed by atoms with Crippen LogP contribution in [-0.4, -0.2) is 28.2 Å². The first-order valence-corrected chi connectivity index (χ1v) is 8.58. The average molecular weight is 341 g/mol. The van der Waals surface area contributed by atoms with E-state index >= 15 is 0 Å². The lowest BCUT2D eigenvalue weighted by atomic mass is 9.45. The molecule has 0 saturated heterocycles. The zero-order valence-corrected chi connectivity index (χ0v) is 13.8. The smallest absolute Gasteiger partial charge is 0.270 e. The number of aromatic nitrogens is 1. The van der Waals surface area contributed by atoms with Gasteiger partial charge in [-0.15, -0.1) is 0 Å². The Labute approximate surface area is 145 Å². The standard InChI is InChI=1S/C18H21N4O3/c19-15(23)13-10-5-9-6-11(13)8-18(7-10,14(9)16(20)24)22-17(25)12-3-1-2-4-21-12/h1-4,10-11,13-14H,5-8H2,(H2,19,23)(H2,20,24)(H,22,25). The van der Waals surface area contributed by atoms with Crippen LogP contribution in [0.3, 0.4) is 0 Å². The van der Waals surface area contributed by atoms with Gasteiger partial charge < -0.3 is 16.8 Å². The van der Waals surface area contributed by atoms with Gasteiger partial charge in [0, 0.05) is 12.1 Å². The molecule has 4 fully saturated rings. The van der Waals surface area contributed by atoms with Crippen molar-refractivity contribution in [3.05, 3.63) is 36.0 Å². The zero-order valence-electron chi connectivity index (χ0n) is 13.8. The maximum absolute atomic E-state index is 12.7. The highest BCUT2D eigenvalue weighted by atomic mass is 16.2. The summed E-state index contributed by atoms with van der Waals surface area (Å²) in [5.74, 6) is -0.482. The van der Waals surface area contributed by atoms with E-state index in [0.29, 0.717) is 31.4 Å². The molecule has 3 atom stereocenters. The second kappa shape index (κ2) is 5.54.